The fourth-order valence-electron chi connectivity index (χ4n) is 2.02. The van der Waals surface area contributed by atoms with Crippen molar-refractivity contribution in [2.24, 2.45) is 5.73 Å². The van der Waals surface area contributed by atoms with Gasteiger partial charge < -0.3 is 15.4 Å². The molecule has 0 amide bonds. The van der Waals surface area contributed by atoms with Gasteiger partial charge in [-0.25, -0.2) is 0 Å². The zero-order chi connectivity index (χ0) is 14.7. The van der Waals surface area contributed by atoms with E-state index in [-0.39, 0.29) is 5.84 Å². The van der Waals surface area contributed by atoms with E-state index in [0.717, 1.165) is 21.6 Å². The molecule has 0 aliphatic rings. The first-order valence-corrected chi connectivity index (χ1v) is 6.84. The van der Waals surface area contributed by atoms with E-state index in [1.165, 1.54) is 0 Å². The monoisotopic (exact) mass is 333 g/mol. The quantitative estimate of drug-likeness (QED) is 0.664. The molecule has 3 N–H and O–H groups in total. The van der Waals surface area contributed by atoms with Crippen molar-refractivity contribution in [3.8, 4) is 5.75 Å². The second kappa shape index (κ2) is 5.96. The lowest BCUT2D eigenvalue weighted by atomic mass is 10.1. The third kappa shape index (κ3) is 2.77. The van der Waals surface area contributed by atoms with Crippen molar-refractivity contribution in [3.05, 3.63) is 52.5 Å². The Bertz CT molecular complexity index is 643. The number of nitrogens with one attached hydrogen (secondary N) is 1. The summed E-state index contributed by atoms with van der Waals surface area (Å²) in [6, 6.07) is 13.5. The van der Waals surface area contributed by atoms with Gasteiger partial charge in [0.25, 0.3) is 0 Å². The number of ether oxygens (including phenoxy) is 1. The molecular weight excluding hydrogens is 318 g/mol. The van der Waals surface area contributed by atoms with Crippen LogP contribution in [0.2, 0.25) is 0 Å². The van der Waals surface area contributed by atoms with E-state index in [1.54, 1.807) is 7.11 Å². The number of hydrogen-bond acceptors (Lipinski definition) is 3. The molecule has 0 heterocycles. The second-order valence-corrected chi connectivity index (χ2v) is 5.16. The normalized spacial score (nSPS) is 10.2. The van der Waals surface area contributed by atoms with Gasteiger partial charge in [-0.05, 0) is 40.2 Å². The topological polar surface area (TPSA) is 62.3 Å². The van der Waals surface area contributed by atoms with Crippen molar-refractivity contribution < 1.29 is 4.74 Å². The number of methoxy groups -OCH3 is 1. The minimum atomic E-state index is 0.0298. The summed E-state index contributed by atoms with van der Waals surface area (Å²) < 4.78 is 6.04. The van der Waals surface area contributed by atoms with Crippen molar-refractivity contribution in [1.82, 2.24) is 0 Å². The van der Waals surface area contributed by atoms with Crippen LogP contribution in [0.1, 0.15) is 5.56 Å². The zero-order valence-electron chi connectivity index (χ0n) is 11.4. The average molecular weight is 334 g/mol. The van der Waals surface area contributed by atoms with Crippen LogP contribution in [0.15, 0.2) is 46.9 Å². The van der Waals surface area contributed by atoms with E-state index in [0.29, 0.717) is 5.56 Å². The summed E-state index contributed by atoms with van der Waals surface area (Å²) in [4.78, 5) is 1.98. The highest BCUT2D eigenvalue weighted by molar-refractivity contribution is 9.10. The van der Waals surface area contributed by atoms with E-state index in [1.807, 2.05) is 54.4 Å². The van der Waals surface area contributed by atoms with Gasteiger partial charge in [-0.3, -0.25) is 5.41 Å². The van der Waals surface area contributed by atoms with Crippen LogP contribution >= 0.6 is 15.9 Å². The molecule has 0 saturated carbocycles. The Morgan fingerprint density at radius 2 is 1.95 bits per heavy atom. The van der Waals surface area contributed by atoms with Gasteiger partial charge in [0.05, 0.1) is 18.4 Å². The van der Waals surface area contributed by atoms with Crippen LogP contribution in [-0.4, -0.2) is 20.0 Å². The van der Waals surface area contributed by atoms with E-state index in [4.69, 9.17) is 15.9 Å². The Labute approximate surface area is 126 Å². The first kappa shape index (κ1) is 14.4. The fourth-order valence-corrected chi connectivity index (χ4v) is 2.59. The molecule has 0 aliphatic heterocycles. The van der Waals surface area contributed by atoms with Crippen molar-refractivity contribution in [2.75, 3.05) is 19.1 Å². The summed E-state index contributed by atoms with van der Waals surface area (Å²) in [5, 5.41) is 7.75. The van der Waals surface area contributed by atoms with Gasteiger partial charge in [-0.1, -0.05) is 12.1 Å². The summed E-state index contributed by atoms with van der Waals surface area (Å²) in [6.45, 7) is 0. The molecule has 4 nitrogen and oxygen atoms in total. The highest BCUT2D eigenvalue weighted by Gasteiger charge is 2.14. The zero-order valence-corrected chi connectivity index (χ0v) is 12.9. The largest absolute Gasteiger partial charge is 0.497 e. The molecule has 104 valence electrons. The Morgan fingerprint density at radius 3 is 2.60 bits per heavy atom. The number of nitrogens with zero attached hydrogens (tertiary/aromatic N) is 1. The van der Waals surface area contributed by atoms with Gasteiger partial charge in [0.2, 0.25) is 0 Å². The predicted molar refractivity (Wildman–Crippen MR) is 86.2 cm³/mol. The molecule has 20 heavy (non-hydrogen) atoms. The SMILES string of the molecule is COc1cccc(N(C)c2cccc(Br)c2C(=N)N)c1. The molecule has 0 bridgehead atoms. The first-order valence-electron chi connectivity index (χ1n) is 6.05. The molecule has 0 aliphatic carbocycles. The smallest absolute Gasteiger partial charge is 0.126 e. The number of benzene rings is 2. The number of nitrogens with two attached hydrogens (primary N) is 1. The van der Waals surface area contributed by atoms with Crippen molar-refractivity contribution >= 4 is 33.1 Å². The fraction of sp³-hybridized carbons (Fsp3) is 0.133. The summed E-state index contributed by atoms with van der Waals surface area (Å²) >= 11 is 3.44. The second-order valence-electron chi connectivity index (χ2n) is 4.31. The van der Waals surface area contributed by atoms with Crippen LogP contribution in [0.25, 0.3) is 0 Å². The van der Waals surface area contributed by atoms with Crippen LogP contribution in [-0.2, 0) is 0 Å². The number of anilines is 2. The minimum Gasteiger partial charge on any atom is -0.497 e. The highest BCUT2D eigenvalue weighted by atomic mass is 79.9. The van der Waals surface area contributed by atoms with Gasteiger partial charge in [0, 0.05) is 23.3 Å². The lowest BCUT2D eigenvalue weighted by molar-refractivity contribution is 0.415. The molecule has 0 aromatic heterocycles. The van der Waals surface area contributed by atoms with Crippen molar-refractivity contribution in [3.63, 3.8) is 0 Å². The molecule has 2 rings (SSSR count). The van der Waals surface area contributed by atoms with Gasteiger partial charge in [0.1, 0.15) is 11.6 Å². The molecular formula is C15H16BrN3O. The number of nitrogen functional groups attached to an aromatic ring is 1. The molecule has 0 fully saturated rings. The van der Waals surface area contributed by atoms with E-state index < -0.39 is 0 Å². The molecule has 0 spiro atoms. The summed E-state index contributed by atoms with van der Waals surface area (Å²) in [5.74, 6) is 0.816. The standard InChI is InChI=1S/C15H16BrN3O/c1-19(10-5-3-6-11(9-10)20-2)13-8-4-7-12(16)14(13)15(17)18/h3-9H,1-2H3,(H3,17,18). The maximum Gasteiger partial charge on any atom is 0.126 e. The van der Waals surface area contributed by atoms with E-state index >= 15 is 0 Å². The molecule has 2 aromatic carbocycles. The molecule has 2 aromatic rings. The van der Waals surface area contributed by atoms with E-state index in [2.05, 4.69) is 15.9 Å². The average Bonchev–Trinajstić information content (AvgIpc) is 2.45. The van der Waals surface area contributed by atoms with Crippen LogP contribution in [0.3, 0.4) is 0 Å². The van der Waals surface area contributed by atoms with Gasteiger partial charge in [-0.2, -0.15) is 0 Å². The minimum absolute atomic E-state index is 0.0298. The van der Waals surface area contributed by atoms with Crippen LogP contribution in [0, 0.1) is 5.41 Å². The lowest BCUT2D eigenvalue weighted by Crippen LogP contribution is -2.19. The van der Waals surface area contributed by atoms with E-state index in [9.17, 15) is 0 Å². The van der Waals surface area contributed by atoms with Crippen LogP contribution in [0.4, 0.5) is 11.4 Å². The van der Waals surface area contributed by atoms with Crippen molar-refractivity contribution in [2.45, 2.75) is 0 Å². The third-order valence-electron chi connectivity index (χ3n) is 3.06. The maximum absolute atomic E-state index is 7.75. The van der Waals surface area contributed by atoms with Crippen LogP contribution in [0.5, 0.6) is 5.75 Å². The lowest BCUT2D eigenvalue weighted by Gasteiger charge is -2.23. The summed E-state index contributed by atoms with van der Waals surface area (Å²) in [6.07, 6.45) is 0. The Kier molecular flexibility index (Phi) is 4.29. The Morgan fingerprint density at radius 1 is 1.25 bits per heavy atom. The molecule has 5 heteroatoms. The number of halogens is 1. The molecule has 0 saturated heterocycles. The Balaban J connectivity index is 2.50. The number of hydrogen-bond donors (Lipinski definition) is 2. The predicted octanol–water partition coefficient (Wildman–Crippen LogP) is 3.51. The third-order valence-corrected chi connectivity index (χ3v) is 3.72. The summed E-state index contributed by atoms with van der Waals surface area (Å²) in [5.41, 5.74) is 8.19. The number of amidine groups is 1. The maximum atomic E-state index is 7.75. The van der Waals surface area contributed by atoms with Gasteiger partial charge >= 0.3 is 0 Å². The molecule has 0 unspecified atom stereocenters. The Hall–Kier alpha value is -2.01. The van der Waals surface area contributed by atoms with Crippen molar-refractivity contribution in [1.29, 1.82) is 5.41 Å². The molecule has 0 atom stereocenters. The van der Waals surface area contributed by atoms with Crippen LogP contribution < -0.4 is 15.4 Å². The van der Waals surface area contributed by atoms with Gasteiger partial charge in [-0.15, -0.1) is 0 Å². The number of rotatable bonds is 4. The molecule has 0 radical (unpaired) electrons. The highest BCUT2D eigenvalue weighted by Crippen LogP contribution is 2.32. The summed E-state index contributed by atoms with van der Waals surface area (Å²) in [7, 11) is 3.57. The first-order chi connectivity index (χ1) is 9.54. The van der Waals surface area contributed by atoms with Gasteiger partial charge in [0.15, 0.2) is 0 Å².